The maximum Gasteiger partial charge on any atom is 0.427 e. The van der Waals surface area contributed by atoms with E-state index in [2.05, 4.69) is 25.5 Å². The van der Waals surface area contributed by atoms with Gasteiger partial charge in [0.25, 0.3) is 0 Å². The van der Waals surface area contributed by atoms with Gasteiger partial charge in [-0.1, -0.05) is 11.6 Å². The zero-order valence-corrected chi connectivity index (χ0v) is 16.9. The van der Waals surface area contributed by atoms with Crippen LogP contribution in [-0.4, -0.2) is 49.8 Å². The van der Waals surface area contributed by atoms with Gasteiger partial charge in [-0.05, 0) is 13.0 Å². The number of ether oxygens (including phenoxy) is 1. The Kier molecular flexibility index (Phi) is 5.31. The van der Waals surface area contributed by atoms with E-state index in [0.29, 0.717) is 0 Å². The summed E-state index contributed by atoms with van der Waals surface area (Å²) in [6, 6.07) is 2.21. The average molecular weight is 465 g/mol. The minimum atomic E-state index is -4.77. The van der Waals surface area contributed by atoms with Crippen LogP contribution in [0.5, 0.6) is 5.75 Å². The average Bonchev–Trinajstić information content (AvgIpc) is 3.26. The van der Waals surface area contributed by atoms with E-state index in [4.69, 9.17) is 16.3 Å². The highest BCUT2D eigenvalue weighted by atomic mass is 35.5. The summed E-state index contributed by atoms with van der Waals surface area (Å²) in [4.78, 5) is 22.9. The molecular weight excluding hydrogens is 453 g/mol. The number of aromatic nitrogens is 5. The smallest absolute Gasteiger partial charge is 0.427 e. The Morgan fingerprint density at radius 2 is 2.03 bits per heavy atom. The van der Waals surface area contributed by atoms with E-state index in [1.54, 1.807) is 6.07 Å². The Morgan fingerprint density at radius 3 is 2.66 bits per heavy atom. The number of carbonyl (C=O) groups excluding carboxylic acids is 1. The second-order valence-corrected chi connectivity index (χ2v) is 6.99. The van der Waals surface area contributed by atoms with Gasteiger partial charge >= 0.3 is 12.2 Å². The molecule has 14 heteroatoms. The fraction of sp³-hybridized carbons (Fsp3) is 0.222. The zero-order chi connectivity index (χ0) is 23.0. The summed E-state index contributed by atoms with van der Waals surface area (Å²) in [5.74, 6) is -0.165. The van der Waals surface area contributed by atoms with Crippen LogP contribution in [0.15, 0.2) is 30.9 Å². The van der Waals surface area contributed by atoms with E-state index in [-0.39, 0.29) is 39.2 Å². The van der Waals surface area contributed by atoms with Crippen LogP contribution in [0.2, 0.25) is 5.02 Å². The number of nitrogens with one attached hydrogen (secondary N) is 1. The van der Waals surface area contributed by atoms with Crippen molar-refractivity contribution in [3.05, 3.63) is 47.1 Å². The molecule has 0 saturated carbocycles. The number of anilines is 2. The molecule has 1 aliphatic heterocycles. The van der Waals surface area contributed by atoms with Crippen molar-refractivity contribution in [1.29, 1.82) is 5.26 Å². The molecule has 4 rings (SSSR count). The lowest BCUT2D eigenvalue weighted by atomic mass is 10.1. The van der Waals surface area contributed by atoms with Gasteiger partial charge in [-0.15, -0.1) is 4.80 Å². The van der Waals surface area contributed by atoms with E-state index in [9.17, 15) is 23.2 Å². The molecule has 0 bridgehead atoms. The first-order valence-electron chi connectivity index (χ1n) is 8.93. The van der Waals surface area contributed by atoms with Gasteiger partial charge in [-0.2, -0.15) is 28.6 Å². The van der Waals surface area contributed by atoms with Gasteiger partial charge in [0.15, 0.2) is 11.6 Å². The van der Waals surface area contributed by atoms with Gasteiger partial charge in [0, 0.05) is 0 Å². The van der Waals surface area contributed by atoms with Crippen molar-refractivity contribution in [3.8, 4) is 17.6 Å². The number of nitriles is 1. The third-order valence-electron chi connectivity index (χ3n) is 4.50. The highest BCUT2D eigenvalue weighted by Crippen LogP contribution is 2.40. The lowest BCUT2D eigenvalue weighted by Crippen LogP contribution is -2.51. The molecule has 2 amide bonds. The first kappa shape index (κ1) is 21.3. The molecule has 1 atom stereocenters. The molecule has 0 saturated heterocycles. The number of aryl methyl sites for hydroxylation is 1. The Bertz CT molecular complexity index is 1230. The van der Waals surface area contributed by atoms with Gasteiger partial charge < -0.3 is 10.1 Å². The van der Waals surface area contributed by atoms with Crippen molar-refractivity contribution in [3.63, 3.8) is 0 Å². The Balaban J connectivity index is 1.66. The number of hydrogen-bond acceptors (Lipinski definition) is 7. The predicted molar refractivity (Wildman–Crippen MR) is 105 cm³/mol. The summed E-state index contributed by atoms with van der Waals surface area (Å²) < 4.78 is 45.4. The third-order valence-corrected chi connectivity index (χ3v) is 4.78. The number of nitrogens with zero attached hydrogens (tertiary/aromatic N) is 7. The van der Waals surface area contributed by atoms with Crippen molar-refractivity contribution < 1.29 is 22.7 Å². The van der Waals surface area contributed by atoms with Crippen molar-refractivity contribution in [2.75, 3.05) is 16.8 Å². The fourth-order valence-electron chi connectivity index (χ4n) is 2.99. The molecule has 32 heavy (non-hydrogen) atoms. The molecule has 3 aromatic rings. The molecule has 0 aromatic carbocycles. The molecule has 1 aliphatic rings. The van der Waals surface area contributed by atoms with Crippen LogP contribution in [0, 0.1) is 18.3 Å². The number of alkyl halides is 3. The fourth-order valence-corrected chi connectivity index (χ4v) is 3.23. The van der Waals surface area contributed by atoms with E-state index in [1.807, 2.05) is 0 Å². The third kappa shape index (κ3) is 3.87. The molecule has 0 fully saturated rings. The zero-order valence-electron chi connectivity index (χ0n) is 16.1. The monoisotopic (exact) mass is 464 g/mol. The van der Waals surface area contributed by atoms with Gasteiger partial charge in [-0.3, -0.25) is 9.88 Å². The standard InChI is InChI=1S/C18H12ClF3N8O2/c1-9-11(5-23)15-13(7-24-9)29(8-14(32-15)18(20,21)22)17(31)28-10-4-12(19)16(25-6-10)30-26-2-3-27-30/h2-4,6-7,14H,8H2,1H3,(H,28,31). The number of hydrogen-bond donors (Lipinski definition) is 1. The topological polar surface area (TPSA) is 122 Å². The van der Waals surface area contributed by atoms with E-state index in [1.165, 1.54) is 37.8 Å². The lowest BCUT2D eigenvalue weighted by molar-refractivity contribution is -0.193. The summed E-state index contributed by atoms with van der Waals surface area (Å²) in [6.07, 6.45) is -1.83. The summed E-state index contributed by atoms with van der Waals surface area (Å²) in [7, 11) is 0. The largest absolute Gasteiger partial charge is 0.475 e. The van der Waals surface area contributed by atoms with E-state index in [0.717, 1.165) is 9.70 Å². The SMILES string of the molecule is Cc1ncc2c(c1C#N)OC(C(F)(F)F)CN2C(=O)Nc1cnc(-n2nccn2)c(Cl)c1. The number of amides is 2. The van der Waals surface area contributed by atoms with Crippen molar-refractivity contribution in [2.45, 2.75) is 19.2 Å². The minimum absolute atomic E-state index is 0.0680. The van der Waals surface area contributed by atoms with Crippen LogP contribution in [0.25, 0.3) is 5.82 Å². The normalized spacial score (nSPS) is 15.5. The van der Waals surface area contributed by atoms with Crippen LogP contribution in [0.1, 0.15) is 11.3 Å². The minimum Gasteiger partial charge on any atom is -0.475 e. The van der Waals surface area contributed by atoms with Crippen molar-refractivity contribution >= 4 is 29.0 Å². The van der Waals surface area contributed by atoms with Gasteiger partial charge in [-0.25, -0.2) is 9.78 Å². The van der Waals surface area contributed by atoms with Gasteiger partial charge in [0.05, 0.1) is 47.7 Å². The summed E-state index contributed by atoms with van der Waals surface area (Å²) >= 11 is 6.17. The maximum atomic E-state index is 13.4. The highest BCUT2D eigenvalue weighted by molar-refractivity contribution is 6.32. The molecular formula is C18H12ClF3N8O2. The molecule has 1 unspecified atom stereocenters. The molecule has 3 aromatic heterocycles. The van der Waals surface area contributed by atoms with Crippen LogP contribution in [-0.2, 0) is 0 Å². The Hall–Kier alpha value is -3.92. The number of rotatable bonds is 2. The number of fused-ring (bicyclic) bond motifs is 1. The van der Waals surface area contributed by atoms with Gasteiger partial charge in [0.1, 0.15) is 17.3 Å². The number of halogens is 4. The number of urea groups is 1. The second kappa shape index (κ2) is 7.97. The summed E-state index contributed by atoms with van der Waals surface area (Å²) in [5, 5.41) is 19.7. The molecule has 10 nitrogen and oxygen atoms in total. The quantitative estimate of drug-likeness (QED) is 0.617. The number of carbonyl (C=O) groups is 1. The van der Waals surface area contributed by atoms with Crippen molar-refractivity contribution in [2.24, 2.45) is 0 Å². The van der Waals surface area contributed by atoms with Crippen LogP contribution >= 0.6 is 11.6 Å². The van der Waals surface area contributed by atoms with Crippen molar-refractivity contribution in [1.82, 2.24) is 25.0 Å². The van der Waals surface area contributed by atoms with Crippen LogP contribution in [0.4, 0.5) is 29.3 Å². The molecule has 164 valence electrons. The molecule has 0 radical (unpaired) electrons. The van der Waals surface area contributed by atoms with E-state index < -0.39 is 24.9 Å². The second-order valence-electron chi connectivity index (χ2n) is 6.58. The summed E-state index contributed by atoms with van der Waals surface area (Å²) in [6.45, 7) is 0.613. The molecule has 1 N–H and O–H groups in total. The maximum absolute atomic E-state index is 13.4. The molecule has 4 heterocycles. The summed E-state index contributed by atoms with van der Waals surface area (Å²) in [5.41, 5.74) is 0.0397. The van der Waals surface area contributed by atoms with Crippen LogP contribution in [0.3, 0.4) is 0 Å². The predicted octanol–water partition coefficient (Wildman–Crippen LogP) is 3.25. The first-order valence-corrected chi connectivity index (χ1v) is 9.30. The lowest BCUT2D eigenvalue weighted by Gasteiger charge is -2.35. The van der Waals surface area contributed by atoms with Crippen LogP contribution < -0.4 is 15.0 Å². The first-order chi connectivity index (χ1) is 15.2. The Labute approximate surface area is 183 Å². The highest BCUT2D eigenvalue weighted by Gasteiger charge is 2.47. The number of pyridine rings is 2. The van der Waals surface area contributed by atoms with Gasteiger partial charge in [0.2, 0.25) is 6.10 Å². The van der Waals surface area contributed by atoms with E-state index >= 15 is 0 Å². The molecule has 0 aliphatic carbocycles. The molecule has 0 spiro atoms. The Morgan fingerprint density at radius 1 is 1.31 bits per heavy atom.